The maximum absolute atomic E-state index is 12.5. The van der Waals surface area contributed by atoms with E-state index in [1.807, 2.05) is 0 Å². The number of amides is 1. The molecule has 2 rings (SSSR count). The van der Waals surface area contributed by atoms with E-state index in [1.165, 1.54) is 23.2 Å². The van der Waals surface area contributed by atoms with Crippen molar-refractivity contribution in [2.75, 3.05) is 13.1 Å². The van der Waals surface area contributed by atoms with Gasteiger partial charge in [0.25, 0.3) is 5.56 Å². The van der Waals surface area contributed by atoms with Gasteiger partial charge in [-0.2, -0.15) is 18.3 Å². The number of likely N-dealkylation sites (tertiary alicyclic amines) is 1. The number of carbonyl (C=O) groups excluding carboxylic acids is 1. The molecule has 1 aliphatic rings. The van der Waals surface area contributed by atoms with E-state index in [1.54, 1.807) is 0 Å². The van der Waals surface area contributed by atoms with Crippen LogP contribution in [0.15, 0.2) is 23.1 Å². The van der Waals surface area contributed by atoms with Gasteiger partial charge in [-0.25, -0.2) is 4.68 Å². The lowest BCUT2D eigenvalue weighted by atomic mass is 9.96. The van der Waals surface area contributed by atoms with E-state index in [-0.39, 0.29) is 38.4 Å². The van der Waals surface area contributed by atoms with Gasteiger partial charge in [0.2, 0.25) is 5.91 Å². The van der Waals surface area contributed by atoms with Crippen molar-refractivity contribution in [2.24, 2.45) is 5.92 Å². The molecular weight excluding hydrogens is 275 g/mol. The summed E-state index contributed by atoms with van der Waals surface area (Å²) in [6, 6.07) is 2.73. The molecule has 0 radical (unpaired) electrons. The molecule has 0 aromatic carbocycles. The Kier molecular flexibility index (Phi) is 4.10. The average molecular weight is 289 g/mol. The van der Waals surface area contributed by atoms with Crippen molar-refractivity contribution in [3.63, 3.8) is 0 Å². The summed E-state index contributed by atoms with van der Waals surface area (Å²) < 4.78 is 38.5. The zero-order valence-electron chi connectivity index (χ0n) is 10.6. The Morgan fingerprint density at radius 1 is 1.35 bits per heavy atom. The van der Waals surface area contributed by atoms with Crippen LogP contribution in [-0.4, -0.2) is 39.9 Å². The molecule has 1 amide bonds. The summed E-state index contributed by atoms with van der Waals surface area (Å²) in [5, 5.41) is 3.74. The van der Waals surface area contributed by atoms with E-state index in [4.69, 9.17) is 0 Å². The average Bonchev–Trinajstić information content (AvgIpc) is 2.40. The van der Waals surface area contributed by atoms with Crippen LogP contribution < -0.4 is 5.56 Å². The van der Waals surface area contributed by atoms with Gasteiger partial charge in [-0.05, 0) is 18.9 Å². The highest BCUT2D eigenvalue weighted by atomic mass is 19.4. The van der Waals surface area contributed by atoms with Gasteiger partial charge in [0.05, 0.1) is 5.92 Å². The number of hydrogen-bond acceptors (Lipinski definition) is 3. The van der Waals surface area contributed by atoms with Crippen LogP contribution in [-0.2, 0) is 11.3 Å². The highest BCUT2D eigenvalue weighted by Crippen LogP contribution is 2.34. The summed E-state index contributed by atoms with van der Waals surface area (Å²) in [5.41, 5.74) is -0.411. The van der Waals surface area contributed by atoms with Crippen molar-refractivity contribution >= 4 is 5.91 Å². The van der Waals surface area contributed by atoms with Crippen LogP contribution >= 0.6 is 0 Å². The maximum atomic E-state index is 12.5. The van der Waals surface area contributed by atoms with Crippen molar-refractivity contribution in [3.8, 4) is 0 Å². The molecule has 0 N–H and O–H groups in total. The first-order valence-electron chi connectivity index (χ1n) is 6.24. The Balaban J connectivity index is 1.93. The molecule has 1 aromatic heterocycles. The van der Waals surface area contributed by atoms with Gasteiger partial charge in [0.15, 0.2) is 0 Å². The number of alkyl halides is 3. The fourth-order valence-corrected chi connectivity index (χ4v) is 2.19. The minimum absolute atomic E-state index is 0.0601. The van der Waals surface area contributed by atoms with E-state index in [2.05, 4.69) is 5.10 Å². The molecule has 1 aliphatic heterocycles. The maximum Gasteiger partial charge on any atom is 0.391 e. The van der Waals surface area contributed by atoms with Gasteiger partial charge in [-0.15, -0.1) is 0 Å². The van der Waals surface area contributed by atoms with E-state index in [0.29, 0.717) is 0 Å². The third kappa shape index (κ3) is 3.37. The lowest BCUT2D eigenvalue weighted by Crippen LogP contribution is -2.44. The van der Waals surface area contributed by atoms with E-state index in [9.17, 15) is 22.8 Å². The number of carbonyl (C=O) groups is 1. The van der Waals surface area contributed by atoms with Crippen LogP contribution in [0.3, 0.4) is 0 Å². The SMILES string of the molecule is O=C(Cn1ncccc1=O)N1CCC(C(F)(F)F)CC1. The molecule has 0 atom stereocenters. The van der Waals surface area contributed by atoms with Crippen LogP contribution in [0.25, 0.3) is 0 Å². The molecule has 20 heavy (non-hydrogen) atoms. The van der Waals surface area contributed by atoms with Crippen LogP contribution in [0.4, 0.5) is 13.2 Å². The van der Waals surface area contributed by atoms with Crippen molar-refractivity contribution in [1.82, 2.24) is 14.7 Å². The van der Waals surface area contributed by atoms with Gasteiger partial charge in [-0.1, -0.05) is 0 Å². The fraction of sp³-hybridized carbons (Fsp3) is 0.583. The first-order chi connectivity index (χ1) is 9.38. The molecule has 0 saturated carbocycles. The Morgan fingerprint density at radius 2 is 2.00 bits per heavy atom. The Morgan fingerprint density at radius 3 is 2.55 bits per heavy atom. The summed E-state index contributed by atoms with van der Waals surface area (Å²) in [6.07, 6.45) is -3.00. The molecule has 0 spiro atoms. The van der Waals surface area contributed by atoms with Crippen molar-refractivity contribution < 1.29 is 18.0 Å². The normalized spacial score (nSPS) is 17.2. The van der Waals surface area contributed by atoms with Gasteiger partial charge < -0.3 is 4.90 Å². The molecule has 1 aromatic rings. The number of halogens is 3. The molecule has 110 valence electrons. The molecule has 1 saturated heterocycles. The second-order valence-electron chi connectivity index (χ2n) is 4.72. The van der Waals surface area contributed by atoms with Crippen molar-refractivity contribution in [2.45, 2.75) is 25.6 Å². The smallest absolute Gasteiger partial charge is 0.341 e. The highest BCUT2D eigenvalue weighted by Gasteiger charge is 2.41. The second kappa shape index (κ2) is 5.64. The largest absolute Gasteiger partial charge is 0.391 e. The van der Waals surface area contributed by atoms with Crippen LogP contribution in [0.2, 0.25) is 0 Å². The second-order valence-corrected chi connectivity index (χ2v) is 4.72. The van der Waals surface area contributed by atoms with Gasteiger partial charge in [-0.3, -0.25) is 9.59 Å². The van der Waals surface area contributed by atoms with Crippen molar-refractivity contribution in [3.05, 3.63) is 28.7 Å². The lowest BCUT2D eigenvalue weighted by molar-refractivity contribution is -0.186. The third-order valence-corrected chi connectivity index (χ3v) is 3.38. The standard InChI is InChI=1S/C12H14F3N3O2/c13-12(14,15)9-3-6-17(7-4-9)11(20)8-18-10(19)2-1-5-16-18/h1-2,5,9H,3-4,6-8H2. The predicted octanol–water partition coefficient (Wildman–Crippen LogP) is 1.04. The summed E-state index contributed by atoms with van der Waals surface area (Å²) in [7, 11) is 0. The van der Waals surface area contributed by atoms with Crippen LogP contribution in [0.1, 0.15) is 12.8 Å². The molecule has 1 fully saturated rings. The van der Waals surface area contributed by atoms with E-state index >= 15 is 0 Å². The monoisotopic (exact) mass is 289 g/mol. The van der Waals surface area contributed by atoms with Gasteiger partial charge in [0, 0.05) is 25.4 Å². The number of rotatable bonds is 2. The quantitative estimate of drug-likeness (QED) is 0.817. The third-order valence-electron chi connectivity index (χ3n) is 3.38. The predicted molar refractivity (Wildman–Crippen MR) is 63.9 cm³/mol. The fourth-order valence-electron chi connectivity index (χ4n) is 2.19. The van der Waals surface area contributed by atoms with Crippen LogP contribution in [0.5, 0.6) is 0 Å². The highest BCUT2D eigenvalue weighted by molar-refractivity contribution is 5.75. The van der Waals surface area contributed by atoms with Gasteiger partial charge >= 0.3 is 6.18 Å². The number of nitrogens with zero attached hydrogens (tertiary/aromatic N) is 3. The first-order valence-corrected chi connectivity index (χ1v) is 6.24. The molecule has 0 bridgehead atoms. The summed E-state index contributed by atoms with van der Waals surface area (Å²) in [4.78, 5) is 24.7. The molecule has 5 nitrogen and oxygen atoms in total. The summed E-state index contributed by atoms with van der Waals surface area (Å²) in [5.74, 6) is -1.73. The lowest BCUT2D eigenvalue weighted by Gasteiger charge is -2.32. The minimum atomic E-state index is -4.20. The summed E-state index contributed by atoms with van der Waals surface area (Å²) in [6.45, 7) is -0.119. The van der Waals surface area contributed by atoms with E-state index < -0.39 is 17.7 Å². The Labute approximate surface area is 113 Å². The number of hydrogen-bond donors (Lipinski definition) is 0. The molecule has 0 unspecified atom stereocenters. The molecule has 8 heteroatoms. The Hall–Kier alpha value is -1.86. The topological polar surface area (TPSA) is 55.2 Å². The molecule has 0 aliphatic carbocycles. The summed E-state index contributed by atoms with van der Waals surface area (Å²) >= 11 is 0. The van der Waals surface area contributed by atoms with Crippen molar-refractivity contribution in [1.29, 1.82) is 0 Å². The number of aromatic nitrogens is 2. The van der Waals surface area contributed by atoms with E-state index in [0.717, 1.165) is 4.68 Å². The minimum Gasteiger partial charge on any atom is -0.341 e. The molecular formula is C12H14F3N3O2. The van der Waals surface area contributed by atoms with Gasteiger partial charge in [0.1, 0.15) is 6.54 Å². The zero-order chi connectivity index (χ0) is 14.8. The molecule has 2 heterocycles. The first kappa shape index (κ1) is 14.5. The van der Waals surface area contributed by atoms with Crippen LogP contribution in [0, 0.1) is 5.92 Å². The zero-order valence-corrected chi connectivity index (χ0v) is 10.6. The number of piperidine rings is 1. The Bertz CT molecular complexity index is 533.